The topological polar surface area (TPSA) is 47.6 Å². The molecule has 0 saturated carbocycles. The van der Waals surface area contributed by atoms with E-state index in [1.807, 2.05) is 30.3 Å². The van der Waals surface area contributed by atoms with E-state index in [0.717, 1.165) is 12.1 Å². The number of carbonyl (C=O) groups is 1. The van der Waals surface area contributed by atoms with E-state index in [0.29, 0.717) is 13.2 Å². The van der Waals surface area contributed by atoms with Gasteiger partial charge in [-0.05, 0) is 0 Å². The molecular weight excluding hydrogens is 206 g/mol. The van der Waals surface area contributed by atoms with Crippen LogP contribution in [0.1, 0.15) is 12.5 Å². The molecule has 1 unspecified atom stereocenters. The van der Waals surface area contributed by atoms with Crippen molar-refractivity contribution in [3.63, 3.8) is 0 Å². The summed E-state index contributed by atoms with van der Waals surface area (Å²) in [4.78, 5) is 11.2. The molecule has 0 spiro atoms. The Morgan fingerprint density at radius 3 is 2.75 bits per heavy atom. The Bertz CT molecular complexity index is 358. The fourth-order valence-corrected chi connectivity index (χ4v) is 1.83. The number of rotatable bonds is 2. The van der Waals surface area contributed by atoms with Gasteiger partial charge in [-0.2, -0.15) is 0 Å². The summed E-state index contributed by atoms with van der Waals surface area (Å²) >= 11 is 0. The molecule has 86 valence electrons. The van der Waals surface area contributed by atoms with Crippen LogP contribution < -0.4 is 5.32 Å². The first-order valence-electron chi connectivity index (χ1n) is 5.33. The average Bonchev–Trinajstić information content (AvgIpc) is 2.30. The Labute approximate surface area is 94.6 Å². The third kappa shape index (κ3) is 2.23. The van der Waals surface area contributed by atoms with Crippen LogP contribution in [0.2, 0.25) is 0 Å². The van der Waals surface area contributed by atoms with Crippen LogP contribution in [0.15, 0.2) is 30.3 Å². The van der Waals surface area contributed by atoms with Crippen molar-refractivity contribution in [3.05, 3.63) is 35.9 Å². The predicted octanol–water partition coefficient (Wildman–Crippen LogP) is 1.02. The van der Waals surface area contributed by atoms with Crippen LogP contribution in [0.5, 0.6) is 0 Å². The van der Waals surface area contributed by atoms with Gasteiger partial charge in [0.15, 0.2) is 0 Å². The maximum atomic E-state index is 11.2. The molecule has 1 aliphatic rings. The minimum atomic E-state index is -0.967. The number of morpholine rings is 1. The zero-order valence-corrected chi connectivity index (χ0v) is 9.23. The second-order valence-electron chi connectivity index (χ2n) is 3.74. The lowest BCUT2D eigenvalue weighted by Gasteiger charge is -2.36. The summed E-state index contributed by atoms with van der Waals surface area (Å²) in [6.07, 6.45) is 0. The van der Waals surface area contributed by atoms with Crippen molar-refractivity contribution in [3.8, 4) is 0 Å². The molecule has 1 aromatic rings. The van der Waals surface area contributed by atoms with Crippen molar-refractivity contribution in [2.24, 2.45) is 0 Å². The molecule has 0 amide bonds. The zero-order valence-electron chi connectivity index (χ0n) is 9.23. The van der Waals surface area contributed by atoms with Gasteiger partial charge in [0, 0.05) is 19.0 Å². The molecule has 0 aliphatic carbocycles. The highest BCUT2D eigenvalue weighted by Gasteiger charge is 2.38. The van der Waals surface area contributed by atoms with Gasteiger partial charge in [-0.15, -0.1) is 0 Å². The van der Waals surface area contributed by atoms with Crippen molar-refractivity contribution in [1.82, 2.24) is 5.32 Å². The van der Waals surface area contributed by atoms with E-state index in [1.54, 1.807) is 0 Å². The van der Waals surface area contributed by atoms with Gasteiger partial charge in [-0.1, -0.05) is 30.3 Å². The Kier molecular flexibility index (Phi) is 3.22. The van der Waals surface area contributed by atoms with Crippen LogP contribution in [-0.4, -0.2) is 25.7 Å². The standard InChI is InChI=1S/C12H15NO3/c1-10(14)16-12(9-13-7-8-15-12)11-5-3-2-4-6-11/h2-6,13H,7-9H2,1H3. The van der Waals surface area contributed by atoms with Gasteiger partial charge in [0.1, 0.15) is 0 Å². The Balaban J connectivity index is 2.29. The van der Waals surface area contributed by atoms with Crippen molar-refractivity contribution >= 4 is 5.97 Å². The summed E-state index contributed by atoms with van der Waals surface area (Å²) < 4.78 is 11.0. The summed E-state index contributed by atoms with van der Waals surface area (Å²) in [6, 6.07) is 9.52. The van der Waals surface area contributed by atoms with Crippen LogP contribution in [0.4, 0.5) is 0 Å². The Hall–Kier alpha value is -1.39. The Morgan fingerprint density at radius 2 is 2.19 bits per heavy atom. The average molecular weight is 221 g/mol. The molecule has 1 aromatic carbocycles. The monoisotopic (exact) mass is 221 g/mol. The minimum Gasteiger partial charge on any atom is -0.427 e. The number of benzene rings is 1. The quantitative estimate of drug-likeness (QED) is 0.757. The minimum absolute atomic E-state index is 0.340. The van der Waals surface area contributed by atoms with E-state index in [-0.39, 0.29) is 5.97 Å². The highest BCUT2D eigenvalue weighted by Crippen LogP contribution is 2.28. The largest absolute Gasteiger partial charge is 0.427 e. The molecule has 1 aliphatic heterocycles. The van der Waals surface area contributed by atoms with Crippen molar-refractivity contribution in [1.29, 1.82) is 0 Å². The highest BCUT2D eigenvalue weighted by atomic mass is 16.7. The third-order valence-electron chi connectivity index (χ3n) is 2.49. The normalized spacial score (nSPS) is 25.1. The first kappa shape index (κ1) is 11.1. The smallest absolute Gasteiger partial charge is 0.305 e. The third-order valence-corrected chi connectivity index (χ3v) is 2.49. The summed E-state index contributed by atoms with van der Waals surface area (Å²) in [7, 11) is 0. The van der Waals surface area contributed by atoms with E-state index < -0.39 is 5.79 Å². The summed E-state index contributed by atoms with van der Waals surface area (Å²) in [5.41, 5.74) is 0.859. The lowest BCUT2D eigenvalue weighted by Crippen LogP contribution is -2.50. The first-order chi connectivity index (χ1) is 7.73. The second kappa shape index (κ2) is 4.63. The molecule has 1 saturated heterocycles. The van der Waals surface area contributed by atoms with Crippen molar-refractivity contribution in [2.75, 3.05) is 19.7 Å². The maximum absolute atomic E-state index is 11.2. The summed E-state index contributed by atoms with van der Waals surface area (Å²) in [5, 5.41) is 3.18. The van der Waals surface area contributed by atoms with E-state index in [4.69, 9.17) is 9.47 Å². The molecule has 0 radical (unpaired) electrons. The SMILES string of the molecule is CC(=O)OC1(c2ccccc2)CNCCO1. The van der Waals surface area contributed by atoms with Gasteiger partial charge in [0.2, 0.25) is 0 Å². The molecule has 1 N–H and O–H groups in total. The van der Waals surface area contributed by atoms with Gasteiger partial charge >= 0.3 is 5.97 Å². The number of hydrogen-bond donors (Lipinski definition) is 1. The number of ether oxygens (including phenoxy) is 2. The van der Waals surface area contributed by atoms with Crippen LogP contribution in [0.25, 0.3) is 0 Å². The fourth-order valence-electron chi connectivity index (χ4n) is 1.83. The maximum Gasteiger partial charge on any atom is 0.305 e. The van der Waals surface area contributed by atoms with Crippen LogP contribution in [0.3, 0.4) is 0 Å². The number of carbonyl (C=O) groups excluding carboxylic acids is 1. The molecule has 1 heterocycles. The first-order valence-corrected chi connectivity index (χ1v) is 5.33. The molecule has 16 heavy (non-hydrogen) atoms. The zero-order chi connectivity index (χ0) is 11.4. The molecule has 1 fully saturated rings. The number of hydrogen-bond acceptors (Lipinski definition) is 4. The molecular formula is C12H15NO3. The molecule has 1 atom stereocenters. The number of nitrogens with one attached hydrogen (secondary N) is 1. The van der Waals surface area contributed by atoms with Crippen LogP contribution in [-0.2, 0) is 20.1 Å². The molecule has 4 heteroatoms. The predicted molar refractivity (Wildman–Crippen MR) is 58.7 cm³/mol. The van der Waals surface area contributed by atoms with E-state index in [2.05, 4.69) is 5.32 Å². The van der Waals surface area contributed by atoms with Gasteiger partial charge in [0.25, 0.3) is 5.79 Å². The second-order valence-corrected chi connectivity index (χ2v) is 3.74. The lowest BCUT2D eigenvalue weighted by atomic mass is 10.0. The van der Waals surface area contributed by atoms with E-state index in [9.17, 15) is 4.79 Å². The Morgan fingerprint density at radius 1 is 1.44 bits per heavy atom. The molecule has 0 bridgehead atoms. The summed E-state index contributed by atoms with van der Waals surface area (Å²) in [5.74, 6) is -1.31. The molecule has 0 aromatic heterocycles. The van der Waals surface area contributed by atoms with Crippen LogP contribution >= 0.6 is 0 Å². The van der Waals surface area contributed by atoms with E-state index >= 15 is 0 Å². The van der Waals surface area contributed by atoms with Gasteiger partial charge in [-0.3, -0.25) is 4.79 Å². The molecule has 4 nitrogen and oxygen atoms in total. The van der Waals surface area contributed by atoms with Crippen molar-refractivity contribution < 1.29 is 14.3 Å². The van der Waals surface area contributed by atoms with Gasteiger partial charge in [-0.25, -0.2) is 0 Å². The van der Waals surface area contributed by atoms with Crippen LogP contribution in [0, 0.1) is 0 Å². The summed E-state index contributed by atoms with van der Waals surface area (Å²) in [6.45, 7) is 3.18. The van der Waals surface area contributed by atoms with Gasteiger partial charge < -0.3 is 14.8 Å². The highest BCUT2D eigenvalue weighted by molar-refractivity contribution is 5.66. The van der Waals surface area contributed by atoms with E-state index in [1.165, 1.54) is 6.92 Å². The van der Waals surface area contributed by atoms with Gasteiger partial charge in [0.05, 0.1) is 13.2 Å². The molecule has 2 rings (SSSR count). The lowest BCUT2D eigenvalue weighted by molar-refractivity contribution is -0.245. The fraction of sp³-hybridized carbons (Fsp3) is 0.417. The van der Waals surface area contributed by atoms with Crippen molar-refractivity contribution in [2.45, 2.75) is 12.7 Å². The number of esters is 1.